The van der Waals surface area contributed by atoms with Crippen molar-refractivity contribution in [1.29, 1.82) is 0 Å². The smallest absolute Gasteiger partial charge is 0.412 e. The van der Waals surface area contributed by atoms with Gasteiger partial charge in [0.25, 0.3) is 0 Å². The van der Waals surface area contributed by atoms with E-state index in [1.165, 1.54) is 7.11 Å². The number of ether oxygens (including phenoxy) is 2. The molecule has 3 aliphatic rings. The first-order valence-corrected chi connectivity index (χ1v) is 15.5. The number of rotatable bonds is 2. The molecule has 3 aliphatic heterocycles. The molecule has 0 unspecified atom stereocenters. The van der Waals surface area contributed by atoms with Gasteiger partial charge >= 0.3 is 12.2 Å². The number of amides is 4. The van der Waals surface area contributed by atoms with Crippen molar-refractivity contribution in [3.63, 3.8) is 0 Å². The molecular weight excluding hydrogens is 598 g/mol. The van der Waals surface area contributed by atoms with Gasteiger partial charge in [0, 0.05) is 41.0 Å². The van der Waals surface area contributed by atoms with Gasteiger partial charge in [-0.1, -0.05) is 30.5 Å². The quantitative estimate of drug-likeness (QED) is 0.288. The molecule has 4 heterocycles. The Labute approximate surface area is 265 Å². The number of methoxy groups -OCH3 is 1. The maximum absolute atomic E-state index is 14.4. The van der Waals surface area contributed by atoms with Crippen LogP contribution in [0.4, 0.5) is 26.7 Å². The predicted octanol–water partition coefficient (Wildman–Crippen LogP) is 6.65. The molecule has 6 rings (SSSR count). The Balaban J connectivity index is 1.34. The number of benzene rings is 2. The van der Waals surface area contributed by atoms with Gasteiger partial charge in [-0.05, 0) is 73.7 Å². The molecule has 0 aliphatic carbocycles. The first-order chi connectivity index (χ1) is 21.7. The molecular formula is C33H34ClN5O6. The number of nitrogens with zero attached hydrogens (tertiary/aromatic N) is 2. The molecule has 1 saturated heterocycles. The second-order valence-corrected chi connectivity index (χ2v) is 12.0. The first-order valence-electron chi connectivity index (χ1n) is 15.1. The van der Waals surface area contributed by atoms with E-state index in [0.717, 1.165) is 29.5 Å². The van der Waals surface area contributed by atoms with Crippen LogP contribution in [-0.2, 0) is 24.7 Å². The number of likely N-dealkylation sites (tertiary alicyclic amines) is 1. The van der Waals surface area contributed by atoms with Crippen molar-refractivity contribution in [2.75, 3.05) is 36.1 Å². The SMILES string of the molecule is COC(=O)Nc1ccc2c(c1)NC(=O)CCCCC[C@@H](C(=O)N1CCC[C@@]3(C1)OC(=O)Nc1ccc(Cl)cc13)c1cc-2ccn1. The van der Waals surface area contributed by atoms with E-state index in [2.05, 4.69) is 20.9 Å². The molecule has 45 heavy (non-hydrogen) atoms. The van der Waals surface area contributed by atoms with E-state index in [-0.39, 0.29) is 18.4 Å². The molecule has 2 atom stereocenters. The Morgan fingerprint density at radius 3 is 2.76 bits per heavy atom. The Morgan fingerprint density at radius 1 is 1.04 bits per heavy atom. The zero-order chi connectivity index (χ0) is 31.6. The molecule has 3 aromatic rings. The molecule has 0 saturated carbocycles. The van der Waals surface area contributed by atoms with Crippen LogP contribution < -0.4 is 16.0 Å². The Morgan fingerprint density at radius 2 is 1.91 bits per heavy atom. The lowest BCUT2D eigenvalue weighted by Crippen LogP contribution is -2.54. The lowest BCUT2D eigenvalue weighted by Gasteiger charge is -2.45. The van der Waals surface area contributed by atoms with Crippen LogP contribution in [0.25, 0.3) is 11.1 Å². The number of carbonyl (C=O) groups excluding carboxylic acids is 4. The Kier molecular flexibility index (Phi) is 8.62. The van der Waals surface area contributed by atoms with Crippen LogP contribution in [0.1, 0.15) is 62.1 Å². The van der Waals surface area contributed by atoms with Gasteiger partial charge in [0.15, 0.2) is 5.60 Å². The van der Waals surface area contributed by atoms with Crippen LogP contribution in [0.3, 0.4) is 0 Å². The fourth-order valence-electron chi connectivity index (χ4n) is 6.48. The lowest BCUT2D eigenvalue weighted by molar-refractivity contribution is -0.141. The molecule has 11 nitrogen and oxygen atoms in total. The zero-order valence-electron chi connectivity index (χ0n) is 24.9. The van der Waals surface area contributed by atoms with E-state index >= 15 is 0 Å². The van der Waals surface area contributed by atoms with Gasteiger partial charge in [-0.25, -0.2) is 9.59 Å². The van der Waals surface area contributed by atoms with E-state index in [1.54, 1.807) is 47.5 Å². The van der Waals surface area contributed by atoms with Gasteiger partial charge in [0.2, 0.25) is 11.8 Å². The van der Waals surface area contributed by atoms with E-state index < -0.39 is 23.7 Å². The highest BCUT2D eigenvalue weighted by Gasteiger charge is 2.47. The van der Waals surface area contributed by atoms with Crippen LogP contribution in [0.2, 0.25) is 5.02 Å². The molecule has 1 fully saturated rings. The van der Waals surface area contributed by atoms with Gasteiger partial charge in [-0.2, -0.15) is 0 Å². The Bertz CT molecular complexity index is 1660. The van der Waals surface area contributed by atoms with Crippen molar-refractivity contribution in [2.24, 2.45) is 0 Å². The molecule has 0 radical (unpaired) electrons. The number of piperidine rings is 1. The number of nitrogens with one attached hydrogen (secondary N) is 3. The lowest BCUT2D eigenvalue weighted by atomic mass is 9.82. The van der Waals surface area contributed by atoms with Crippen LogP contribution in [0, 0.1) is 0 Å². The third-order valence-corrected chi connectivity index (χ3v) is 8.87. The summed E-state index contributed by atoms with van der Waals surface area (Å²) in [6.45, 7) is 0.731. The topological polar surface area (TPSA) is 139 Å². The number of pyridine rings is 1. The summed E-state index contributed by atoms with van der Waals surface area (Å²) >= 11 is 6.35. The third-order valence-electron chi connectivity index (χ3n) is 8.63. The maximum atomic E-state index is 14.4. The molecule has 234 valence electrons. The van der Waals surface area contributed by atoms with Gasteiger partial charge in [0.1, 0.15) is 0 Å². The highest BCUT2D eigenvalue weighted by atomic mass is 35.5. The van der Waals surface area contributed by atoms with Crippen LogP contribution in [-0.4, -0.2) is 54.1 Å². The molecule has 1 spiro atoms. The van der Waals surface area contributed by atoms with Crippen LogP contribution in [0.15, 0.2) is 54.7 Å². The number of hydrogen-bond donors (Lipinski definition) is 3. The van der Waals surface area contributed by atoms with Crippen LogP contribution >= 0.6 is 11.6 Å². The van der Waals surface area contributed by atoms with Crippen molar-refractivity contribution in [3.05, 3.63) is 71.0 Å². The first kappa shape index (κ1) is 30.4. The normalized spacial score (nSPS) is 21.4. The second-order valence-electron chi connectivity index (χ2n) is 11.6. The average Bonchev–Trinajstić information content (AvgIpc) is 3.03. The maximum Gasteiger partial charge on any atom is 0.412 e. The fourth-order valence-corrected chi connectivity index (χ4v) is 6.65. The summed E-state index contributed by atoms with van der Waals surface area (Å²) in [6, 6.07) is 14.2. The monoisotopic (exact) mass is 631 g/mol. The average molecular weight is 632 g/mol. The van der Waals surface area contributed by atoms with E-state index in [1.807, 2.05) is 12.1 Å². The van der Waals surface area contributed by atoms with Crippen LogP contribution in [0.5, 0.6) is 0 Å². The predicted molar refractivity (Wildman–Crippen MR) is 169 cm³/mol. The highest BCUT2D eigenvalue weighted by Crippen LogP contribution is 2.44. The number of aromatic nitrogens is 1. The summed E-state index contributed by atoms with van der Waals surface area (Å²) in [5.74, 6) is -0.758. The minimum Gasteiger partial charge on any atom is -0.453 e. The third kappa shape index (κ3) is 6.44. The minimum atomic E-state index is -1.00. The van der Waals surface area contributed by atoms with Crippen molar-refractivity contribution < 1.29 is 28.7 Å². The molecule has 1 aromatic heterocycles. The fraction of sp³-hybridized carbons (Fsp3) is 0.364. The molecule has 4 amide bonds. The van der Waals surface area contributed by atoms with Gasteiger partial charge in [0.05, 0.1) is 36.6 Å². The standard InChI is InChI=1S/C33H34ClN5O6/c1-44-31(42)36-22-9-10-23-20-12-14-35-27(16-20)24(6-3-2-4-7-29(40)37-28(23)18-22)30(41)39-15-5-13-33(19-39)25-17-21(34)8-11-26(25)38-32(43)45-33/h8-12,14,16-18,24H,2-7,13,15,19H2,1H3,(H,36,42)(H,37,40)(H,38,43)/t24-,33+/m1/s1. The second kappa shape index (κ2) is 12.8. The molecule has 12 heteroatoms. The van der Waals surface area contributed by atoms with E-state index in [4.69, 9.17) is 21.1 Å². The van der Waals surface area contributed by atoms with E-state index in [0.29, 0.717) is 66.4 Å². The summed E-state index contributed by atoms with van der Waals surface area (Å²) in [4.78, 5) is 58.1. The summed E-state index contributed by atoms with van der Waals surface area (Å²) in [7, 11) is 1.28. The summed E-state index contributed by atoms with van der Waals surface area (Å²) in [5, 5.41) is 8.90. The van der Waals surface area contributed by atoms with E-state index in [9.17, 15) is 19.2 Å². The van der Waals surface area contributed by atoms with Crippen molar-refractivity contribution in [2.45, 2.75) is 56.5 Å². The molecule has 2 aromatic carbocycles. The minimum absolute atomic E-state index is 0.0844. The van der Waals surface area contributed by atoms with Crippen molar-refractivity contribution in [3.8, 4) is 11.1 Å². The molecule has 2 bridgehead atoms. The zero-order valence-corrected chi connectivity index (χ0v) is 25.6. The van der Waals surface area contributed by atoms with Crippen molar-refractivity contribution in [1.82, 2.24) is 9.88 Å². The number of hydrogen-bond acceptors (Lipinski definition) is 7. The number of carbonyl (C=O) groups is 4. The summed E-state index contributed by atoms with van der Waals surface area (Å²) in [6.07, 6.45) is 4.72. The highest BCUT2D eigenvalue weighted by molar-refractivity contribution is 6.30. The van der Waals surface area contributed by atoms with Crippen molar-refractivity contribution >= 4 is 52.7 Å². The molecule has 3 N–H and O–H groups in total. The number of halogens is 1. The number of fused-ring (bicyclic) bond motifs is 6. The number of anilines is 3. The Hall–Kier alpha value is -4.64. The summed E-state index contributed by atoms with van der Waals surface area (Å²) in [5.41, 5.74) is 3.49. The largest absolute Gasteiger partial charge is 0.453 e. The summed E-state index contributed by atoms with van der Waals surface area (Å²) < 4.78 is 10.6. The van der Waals surface area contributed by atoms with Gasteiger partial charge in [-0.15, -0.1) is 0 Å². The van der Waals surface area contributed by atoms with Gasteiger partial charge < -0.3 is 19.7 Å². The van der Waals surface area contributed by atoms with Gasteiger partial charge in [-0.3, -0.25) is 25.2 Å².